The van der Waals surface area contributed by atoms with Crippen molar-refractivity contribution in [1.82, 2.24) is 9.88 Å². The predicted octanol–water partition coefficient (Wildman–Crippen LogP) is 5.23. The minimum Gasteiger partial charge on any atom is -0.335 e. The number of thiazole rings is 1. The van der Waals surface area contributed by atoms with Gasteiger partial charge < -0.3 is 4.90 Å². The summed E-state index contributed by atoms with van der Waals surface area (Å²) < 4.78 is 14.8. The van der Waals surface area contributed by atoms with Crippen LogP contribution in [0.25, 0.3) is 11.3 Å². The van der Waals surface area contributed by atoms with E-state index in [1.165, 1.54) is 17.8 Å². The van der Waals surface area contributed by atoms with E-state index < -0.39 is 0 Å². The second-order valence-electron chi connectivity index (χ2n) is 6.50. The molecule has 2 aromatic carbocycles. The van der Waals surface area contributed by atoms with E-state index in [4.69, 9.17) is 0 Å². The molecule has 138 valence electrons. The molecule has 0 aliphatic heterocycles. The summed E-state index contributed by atoms with van der Waals surface area (Å²) in [5.74, 6) is 0.116. The molecule has 0 bridgehead atoms. The van der Waals surface area contributed by atoms with Gasteiger partial charge in [0.15, 0.2) is 4.34 Å². The molecule has 0 radical (unpaired) electrons. The average molecular weight is 399 g/mol. The van der Waals surface area contributed by atoms with Gasteiger partial charge in [-0.2, -0.15) is 0 Å². The van der Waals surface area contributed by atoms with Crippen molar-refractivity contribution < 1.29 is 9.18 Å². The summed E-state index contributed by atoms with van der Waals surface area (Å²) in [5, 5.41) is 2.01. The summed E-state index contributed by atoms with van der Waals surface area (Å²) in [6, 6.07) is 16.9. The minimum absolute atomic E-state index is 0.0437. The normalized spacial score (nSPS) is 13.5. The molecule has 1 aromatic heterocycles. The lowest BCUT2D eigenvalue weighted by atomic mass is 10.2. The lowest BCUT2D eigenvalue weighted by Crippen LogP contribution is -2.34. The summed E-state index contributed by atoms with van der Waals surface area (Å²) >= 11 is 3.00. The number of thioether (sulfide) groups is 1. The molecule has 1 aliphatic rings. The van der Waals surface area contributed by atoms with Crippen molar-refractivity contribution >= 4 is 29.0 Å². The van der Waals surface area contributed by atoms with Gasteiger partial charge in [-0.25, -0.2) is 9.37 Å². The molecular formula is C21H19FN2OS2. The Hall–Kier alpha value is -2.18. The van der Waals surface area contributed by atoms with Crippen molar-refractivity contribution in [2.45, 2.75) is 29.8 Å². The number of nitrogens with zero attached hydrogens (tertiary/aromatic N) is 2. The van der Waals surface area contributed by atoms with E-state index in [0.29, 0.717) is 17.9 Å². The predicted molar refractivity (Wildman–Crippen MR) is 108 cm³/mol. The van der Waals surface area contributed by atoms with Gasteiger partial charge in [-0.05, 0) is 18.9 Å². The van der Waals surface area contributed by atoms with E-state index in [1.807, 2.05) is 46.7 Å². The first kappa shape index (κ1) is 18.2. The number of amides is 1. The number of halogens is 1. The molecule has 4 rings (SSSR count). The fourth-order valence-electron chi connectivity index (χ4n) is 2.89. The highest BCUT2D eigenvalue weighted by atomic mass is 32.2. The zero-order valence-corrected chi connectivity index (χ0v) is 16.3. The van der Waals surface area contributed by atoms with Crippen LogP contribution in [0.15, 0.2) is 64.3 Å². The molecular weight excluding hydrogens is 379 g/mol. The van der Waals surface area contributed by atoms with Crippen molar-refractivity contribution in [3.05, 3.63) is 71.4 Å². The summed E-state index contributed by atoms with van der Waals surface area (Å²) in [7, 11) is 0. The molecule has 0 N–H and O–H groups in total. The first-order valence-corrected chi connectivity index (χ1v) is 10.7. The molecule has 3 aromatic rings. The van der Waals surface area contributed by atoms with Crippen LogP contribution in [-0.4, -0.2) is 27.6 Å². The Kier molecular flexibility index (Phi) is 5.55. The van der Waals surface area contributed by atoms with Crippen LogP contribution in [0.2, 0.25) is 0 Å². The highest BCUT2D eigenvalue weighted by Crippen LogP contribution is 2.32. The summed E-state index contributed by atoms with van der Waals surface area (Å²) in [6.45, 7) is 0.337. The molecule has 1 fully saturated rings. The fraction of sp³-hybridized carbons (Fsp3) is 0.238. The van der Waals surface area contributed by atoms with Crippen molar-refractivity contribution in [2.24, 2.45) is 0 Å². The van der Waals surface area contributed by atoms with Gasteiger partial charge in [-0.1, -0.05) is 60.3 Å². The van der Waals surface area contributed by atoms with Crippen LogP contribution in [-0.2, 0) is 11.3 Å². The van der Waals surface area contributed by atoms with Crippen molar-refractivity contribution in [3.8, 4) is 11.3 Å². The van der Waals surface area contributed by atoms with Crippen LogP contribution in [0, 0.1) is 5.82 Å². The van der Waals surface area contributed by atoms with Gasteiger partial charge in [0.25, 0.3) is 0 Å². The number of carbonyl (C=O) groups excluding carboxylic acids is 1. The largest absolute Gasteiger partial charge is 0.335 e. The van der Waals surface area contributed by atoms with Crippen LogP contribution < -0.4 is 0 Å². The van der Waals surface area contributed by atoms with Crippen LogP contribution in [0.5, 0.6) is 0 Å². The maximum atomic E-state index is 14.0. The first-order chi connectivity index (χ1) is 13.2. The van der Waals surface area contributed by atoms with E-state index in [0.717, 1.165) is 28.4 Å². The van der Waals surface area contributed by atoms with E-state index in [-0.39, 0.29) is 17.8 Å². The van der Waals surface area contributed by atoms with Gasteiger partial charge in [0, 0.05) is 29.1 Å². The zero-order valence-electron chi connectivity index (χ0n) is 14.7. The molecule has 27 heavy (non-hydrogen) atoms. The molecule has 0 spiro atoms. The Morgan fingerprint density at radius 2 is 1.89 bits per heavy atom. The zero-order chi connectivity index (χ0) is 18.6. The summed E-state index contributed by atoms with van der Waals surface area (Å²) in [6.07, 6.45) is 2.00. The van der Waals surface area contributed by atoms with Crippen LogP contribution in [0.1, 0.15) is 18.4 Å². The van der Waals surface area contributed by atoms with E-state index in [2.05, 4.69) is 4.98 Å². The Labute approximate surface area is 166 Å². The van der Waals surface area contributed by atoms with E-state index in [1.54, 1.807) is 23.5 Å². The minimum atomic E-state index is -0.254. The second-order valence-corrected chi connectivity index (χ2v) is 8.58. The number of aromatic nitrogens is 1. The van der Waals surface area contributed by atoms with Gasteiger partial charge in [0.2, 0.25) is 5.91 Å². The lowest BCUT2D eigenvalue weighted by molar-refractivity contribution is -0.129. The number of hydrogen-bond acceptors (Lipinski definition) is 4. The summed E-state index contributed by atoms with van der Waals surface area (Å²) in [5.41, 5.74) is 2.58. The van der Waals surface area contributed by atoms with Gasteiger partial charge in [-0.15, -0.1) is 11.3 Å². The maximum absolute atomic E-state index is 14.0. The Bertz CT molecular complexity index is 925. The molecule has 3 nitrogen and oxygen atoms in total. The quantitative estimate of drug-likeness (QED) is 0.511. The Balaban J connectivity index is 1.39. The maximum Gasteiger partial charge on any atom is 0.233 e. The summed E-state index contributed by atoms with van der Waals surface area (Å²) in [4.78, 5) is 19.2. The van der Waals surface area contributed by atoms with Gasteiger partial charge in [0.05, 0.1) is 11.4 Å². The molecule has 1 aliphatic carbocycles. The lowest BCUT2D eigenvalue weighted by Gasteiger charge is -2.22. The topological polar surface area (TPSA) is 33.2 Å². The molecule has 0 saturated heterocycles. The van der Waals surface area contributed by atoms with Crippen molar-refractivity contribution in [1.29, 1.82) is 0 Å². The van der Waals surface area contributed by atoms with Crippen LogP contribution in [0.3, 0.4) is 0 Å². The van der Waals surface area contributed by atoms with E-state index in [9.17, 15) is 9.18 Å². The number of benzene rings is 2. The molecule has 1 amide bonds. The van der Waals surface area contributed by atoms with E-state index >= 15 is 0 Å². The second kappa shape index (κ2) is 8.23. The number of carbonyl (C=O) groups is 1. The third-order valence-corrected chi connectivity index (χ3v) is 6.48. The highest BCUT2D eigenvalue weighted by Gasteiger charge is 2.32. The monoisotopic (exact) mass is 398 g/mol. The third-order valence-electron chi connectivity index (χ3n) is 4.48. The van der Waals surface area contributed by atoms with Gasteiger partial charge >= 0.3 is 0 Å². The first-order valence-electron chi connectivity index (χ1n) is 8.87. The molecule has 0 unspecified atom stereocenters. The average Bonchev–Trinajstić information content (AvgIpc) is 3.43. The molecule has 1 heterocycles. The Morgan fingerprint density at radius 1 is 1.15 bits per heavy atom. The molecule has 6 heteroatoms. The highest BCUT2D eigenvalue weighted by molar-refractivity contribution is 8.01. The van der Waals surface area contributed by atoms with Crippen molar-refractivity contribution in [3.63, 3.8) is 0 Å². The van der Waals surface area contributed by atoms with Gasteiger partial charge in [0.1, 0.15) is 5.82 Å². The number of rotatable bonds is 7. The number of hydrogen-bond donors (Lipinski definition) is 0. The van der Waals surface area contributed by atoms with Gasteiger partial charge in [-0.3, -0.25) is 4.79 Å². The molecule has 0 atom stereocenters. The molecule has 1 saturated carbocycles. The van der Waals surface area contributed by atoms with Crippen LogP contribution in [0.4, 0.5) is 4.39 Å². The fourth-order valence-corrected chi connectivity index (χ4v) is 4.61. The Morgan fingerprint density at radius 3 is 2.63 bits per heavy atom. The van der Waals surface area contributed by atoms with Crippen molar-refractivity contribution in [2.75, 3.05) is 5.75 Å². The standard InChI is InChI=1S/C21H19FN2OS2/c22-18-9-5-4-8-16(18)12-24(17-10-11-17)20(25)14-27-21-23-19(13-26-21)15-6-2-1-3-7-15/h1-9,13,17H,10-12,14H2. The third kappa shape index (κ3) is 4.57. The smallest absolute Gasteiger partial charge is 0.233 e. The van der Waals surface area contributed by atoms with Crippen LogP contribution >= 0.6 is 23.1 Å². The SMILES string of the molecule is O=C(CSc1nc(-c2ccccc2)cs1)N(Cc1ccccc1F)C1CC1.